The number of benzene rings is 1. The van der Waals surface area contributed by atoms with Crippen LogP contribution in [0.3, 0.4) is 0 Å². The second kappa shape index (κ2) is 5.29. The fourth-order valence-corrected chi connectivity index (χ4v) is 2.86. The van der Waals surface area contributed by atoms with Crippen LogP contribution < -0.4 is 10.5 Å². The van der Waals surface area contributed by atoms with Crippen LogP contribution >= 0.6 is 0 Å². The molecule has 2 atom stereocenters. The predicted molar refractivity (Wildman–Crippen MR) is 79.8 cm³/mol. The third-order valence-electron chi connectivity index (χ3n) is 3.67. The Labute approximate surface area is 118 Å². The Morgan fingerprint density at radius 2 is 1.95 bits per heavy atom. The summed E-state index contributed by atoms with van der Waals surface area (Å²) in [6.07, 6.45) is 4.28. The Bertz CT molecular complexity index is 604. The molecule has 4 nitrogen and oxygen atoms in total. The Morgan fingerprint density at radius 3 is 2.70 bits per heavy atom. The van der Waals surface area contributed by atoms with Gasteiger partial charge in [0, 0.05) is 30.1 Å². The maximum Gasteiger partial charge on any atom is 0.130 e. The van der Waals surface area contributed by atoms with E-state index < -0.39 is 0 Å². The van der Waals surface area contributed by atoms with E-state index in [9.17, 15) is 0 Å². The van der Waals surface area contributed by atoms with Gasteiger partial charge in [-0.05, 0) is 38.1 Å². The highest BCUT2D eigenvalue weighted by molar-refractivity contribution is 5.87. The highest BCUT2D eigenvalue weighted by Gasteiger charge is 2.26. The second-order valence-electron chi connectivity index (χ2n) is 5.55. The van der Waals surface area contributed by atoms with Crippen molar-refractivity contribution in [1.29, 1.82) is 0 Å². The van der Waals surface area contributed by atoms with Crippen LogP contribution in [0.4, 0.5) is 5.69 Å². The van der Waals surface area contributed by atoms with Crippen LogP contribution in [-0.2, 0) is 4.74 Å². The molecule has 2 N–H and O–H groups in total. The number of fused-ring (bicyclic) bond motifs is 1. The zero-order valence-corrected chi connectivity index (χ0v) is 11.9. The molecule has 0 bridgehead atoms. The summed E-state index contributed by atoms with van der Waals surface area (Å²) in [6.45, 7) is 4.19. The number of rotatable bonds is 2. The van der Waals surface area contributed by atoms with E-state index in [4.69, 9.17) is 15.2 Å². The van der Waals surface area contributed by atoms with Gasteiger partial charge in [0.2, 0.25) is 0 Å². The van der Waals surface area contributed by atoms with Gasteiger partial charge in [-0.2, -0.15) is 0 Å². The van der Waals surface area contributed by atoms with E-state index in [0.717, 1.165) is 35.2 Å². The third-order valence-corrected chi connectivity index (χ3v) is 3.67. The zero-order valence-electron chi connectivity index (χ0n) is 11.9. The molecular weight excluding hydrogens is 252 g/mol. The van der Waals surface area contributed by atoms with Gasteiger partial charge in [0.25, 0.3) is 0 Å². The van der Waals surface area contributed by atoms with Gasteiger partial charge < -0.3 is 15.2 Å². The Hall–Kier alpha value is -1.81. The molecular formula is C16H20N2O2. The lowest BCUT2D eigenvalue weighted by Gasteiger charge is -2.32. The van der Waals surface area contributed by atoms with Crippen LogP contribution in [0.25, 0.3) is 10.9 Å². The fourth-order valence-electron chi connectivity index (χ4n) is 2.86. The van der Waals surface area contributed by atoms with Crippen molar-refractivity contribution in [2.75, 3.05) is 5.73 Å². The number of anilines is 1. The molecule has 0 radical (unpaired) electrons. The van der Waals surface area contributed by atoms with Crippen LogP contribution in [0, 0.1) is 0 Å². The molecule has 0 spiro atoms. The molecule has 1 fully saturated rings. The van der Waals surface area contributed by atoms with Crippen molar-refractivity contribution in [1.82, 2.24) is 4.98 Å². The molecule has 1 aliphatic rings. The quantitative estimate of drug-likeness (QED) is 0.853. The number of nitrogens with two attached hydrogens (primary N) is 1. The van der Waals surface area contributed by atoms with E-state index in [1.165, 1.54) is 0 Å². The second-order valence-corrected chi connectivity index (χ2v) is 5.55. The predicted octanol–water partition coefficient (Wildman–Crippen LogP) is 3.15. The molecule has 106 valence electrons. The Morgan fingerprint density at radius 1 is 1.20 bits per heavy atom. The topological polar surface area (TPSA) is 57.4 Å². The van der Waals surface area contributed by atoms with Gasteiger partial charge in [0.1, 0.15) is 11.9 Å². The summed E-state index contributed by atoms with van der Waals surface area (Å²) in [5.41, 5.74) is 7.39. The smallest absolute Gasteiger partial charge is 0.130 e. The molecule has 1 aliphatic heterocycles. The fraction of sp³-hybridized carbons (Fsp3) is 0.438. The SMILES string of the molecule is CC1CC(Oc2ccnc3cc(N)ccc23)CC(C)O1. The highest BCUT2D eigenvalue weighted by atomic mass is 16.5. The van der Waals surface area contributed by atoms with E-state index >= 15 is 0 Å². The highest BCUT2D eigenvalue weighted by Crippen LogP contribution is 2.29. The average molecular weight is 272 g/mol. The van der Waals surface area contributed by atoms with E-state index in [2.05, 4.69) is 18.8 Å². The van der Waals surface area contributed by atoms with Crippen molar-refractivity contribution in [2.45, 2.75) is 45.0 Å². The van der Waals surface area contributed by atoms with Crippen molar-refractivity contribution in [3.05, 3.63) is 30.5 Å². The van der Waals surface area contributed by atoms with Gasteiger partial charge in [0.15, 0.2) is 0 Å². The van der Waals surface area contributed by atoms with E-state index in [-0.39, 0.29) is 18.3 Å². The van der Waals surface area contributed by atoms with Crippen LogP contribution in [0.15, 0.2) is 30.5 Å². The van der Waals surface area contributed by atoms with E-state index in [1.807, 2.05) is 24.3 Å². The zero-order chi connectivity index (χ0) is 14.1. The Kier molecular flexibility index (Phi) is 3.49. The summed E-state index contributed by atoms with van der Waals surface area (Å²) in [6, 6.07) is 7.64. The minimum atomic E-state index is 0.192. The lowest BCUT2D eigenvalue weighted by atomic mass is 10.0. The van der Waals surface area contributed by atoms with E-state index in [1.54, 1.807) is 6.20 Å². The largest absolute Gasteiger partial charge is 0.489 e. The number of pyridine rings is 1. The van der Waals surface area contributed by atoms with Crippen LogP contribution in [-0.4, -0.2) is 23.3 Å². The summed E-state index contributed by atoms with van der Waals surface area (Å²) < 4.78 is 11.9. The number of nitrogen functional groups attached to an aromatic ring is 1. The van der Waals surface area contributed by atoms with E-state index in [0.29, 0.717) is 0 Å². The third kappa shape index (κ3) is 2.70. The molecule has 20 heavy (non-hydrogen) atoms. The molecule has 2 unspecified atom stereocenters. The molecule has 4 heteroatoms. The maximum atomic E-state index is 6.19. The standard InChI is InChI=1S/C16H20N2O2/c1-10-7-13(8-11(2)19-10)20-16-5-6-18-15-9-12(17)3-4-14(15)16/h3-6,9-11,13H,7-8,17H2,1-2H3. The lowest BCUT2D eigenvalue weighted by Crippen LogP contribution is -2.35. The first-order valence-corrected chi connectivity index (χ1v) is 7.08. The lowest BCUT2D eigenvalue weighted by molar-refractivity contribution is -0.0718. The molecule has 1 aromatic carbocycles. The monoisotopic (exact) mass is 272 g/mol. The van der Waals surface area contributed by atoms with Crippen molar-refractivity contribution < 1.29 is 9.47 Å². The summed E-state index contributed by atoms with van der Waals surface area (Å²) in [7, 11) is 0. The van der Waals surface area contributed by atoms with Gasteiger partial charge in [0.05, 0.1) is 17.7 Å². The molecule has 1 saturated heterocycles. The Balaban J connectivity index is 1.87. The van der Waals surface area contributed by atoms with Crippen molar-refractivity contribution in [2.24, 2.45) is 0 Å². The number of hydrogen-bond acceptors (Lipinski definition) is 4. The first-order chi connectivity index (χ1) is 9.61. The minimum Gasteiger partial charge on any atom is -0.489 e. The van der Waals surface area contributed by atoms with Gasteiger partial charge in [-0.25, -0.2) is 0 Å². The number of aromatic nitrogens is 1. The van der Waals surface area contributed by atoms with Gasteiger partial charge in [-0.1, -0.05) is 0 Å². The average Bonchev–Trinajstić information content (AvgIpc) is 2.37. The summed E-state index contributed by atoms with van der Waals surface area (Å²) in [5, 5.41) is 1.01. The minimum absolute atomic E-state index is 0.192. The van der Waals surface area contributed by atoms with Crippen LogP contribution in [0.5, 0.6) is 5.75 Å². The number of hydrogen-bond donors (Lipinski definition) is 1. The first kappa shape index (κ1) is 13.2. The maximum absolute atomic E-state index is 6.19. The molecule has 2 heterocycles. The van der Waals surface area contributed by atoms with Gasteiger partial charge in [-0.15, -0.1) is 0 Å². The first-order valence-electron chi connectivity index (χ1n) is 7.08. The number of ether oxygens (including phenoxy) is 2. The normalized spacial score (nSPS) is 26.6. The van der Waals surface area contributed by atoms with Crippen LogP contribution in [0.2, 0.25) is 0 Å². The van der Waals surface area contributed by atoms with Crippen molar-refractivity contribution in [3.63, 3.8) is 0 Å². The summed E-state index contributed by atoms with van der Waals surface area (Å²) in [5.74, 6) is 0.876. The molecule has 2 aromatic rings. The summed E-state index contributed by atoms with van der Waals surface area (Å²) >= 11 is 0. The molecule has 0 aliphatic carbocycles. The van der Waals surface area contributed by atoms with Gasteiger partial charge in [-0.3, -0.25) is 4.98 Å². The van der Waals surface area contributed by atoms with Crippen LogP contribution in [0.1, 0.15) is 26.7 Å². The van der Waals surface area contributed by atoms with Crippen molar-refractivity contribution in [3.8, 4) is 5.75 Å². The van der Waals surface area contributed by atoms with Crippen molar-refractivity contribution >= 4 is 16.6 Å². The molecule has 0 saturated carbocycles. The molecule has 1 aromatic heterocycles. The van der Waals surface area contributed by atoms with Gasteiger partial charge >= 0.3 is 0 Å². The number of nitrogens with zero attached hydrogens (tertiary/aromatic N) is 1. The molecule has 0 amide bonds. The summed E-state index contributed by atoms with van der Waals surface area (Å²) in [4.78, 5) is 4.34. The molecule has 3 rings (SSSR count).